The topological polar surface area (TPSA) is 37.9 Å². The van der Waals surface area contributed by atoms with Gasteiger partial charge in [-0.1, -0.05) is 18.6 Å². The molecule has 0 aliphatic heterocycles. The van der Waals surface area contributed by atoms with E-state index in [1.54, 1.807) is 0 Å². The van der Waals surface area contributed by atoms with E-state index in [4.69, 9.17) is 11.2 Å². The van der Waals surface area contributed by atoms with Crippen LogP contribution in [0.5, 0.6) is 5.75 Å². The first-order valence-electron chi connectivity index (χ1n) is 5.54. The Morgan fingerprint density at radius 3 is 2.56 bits per heavy atom. The molecule has 0 radical (unpaired) electrons. The standard InChI is InChI=1S/C15H10N2O/c1-2-18-12-9-7-11(8-10-12)15-16-13-5-3-4-6-14(13)17-15/h1,3-10H,(H,16,17). The van der Waals surface area contributed by atoms with Crippen molar-refractivity contribution in [1.29, 1.82) is 0 Å². The van der Waals surface area contributed by atoms with E-state index in [0.29, 0.717) is 5.75 Å². The number of benzene rings is 2. The quantitative estimate of drug-likeness (QED) is 0.691. The molecule has 0 amide bonds. The fourth-order valence-electron chi connectivity index (χ4n) is 1.84. The summed E-state index contributed by atoms with van der Waals surface area (Å²) in [5, 5.41) is 0. The third-order valence-corrected chi connectivity index (χ3v) is 2.69. The number of imidazole rings is 1. The molecule has 0 saturated carbocycles. The first-order chi connectivity index (χ1) is 8.86. The zero-order valence-electron chi connectivity index (χ0n) is 9.55. The van der Waals surface area contributed by atoms with Crippen molar-refractivity contribution >= 4 is 11.0 Å². The van der Waals surface area contributed by atoms with Crippen LogP contribution in [0.4, 0.5) is 0 Å². The van der Waals surface area contributed by atoms with Crippen molar-refractivity contribution in [1.82, 2.24) is 9.97 Å². The van der Waals surface area contributed by atoms with Crippen LogP contribution in [0.15, 0.2) is 48.5 Å². The van der Waals surface area contributed by atoms with E-state index < -0.39 is 0 Å². The van der Waals surface area contributed by atoms with Crippen LogP contribution < -0.4 is 4.74 Å². The van der Waals surface area contributed by atoms with Gasteiger partial charge < -0.3 is 9.72 Å². The maximum absolute atomic E-state index is 5.07. The monoisotopic (exact) mass is 234 g/mol. The summed E-state index contributed by atoms with van der Waals surface area (Å²) in [6.45, 7) is 0. The average molecular weight is 234 g/mol. The first kappa shape index (κ1) is 10.4. The summed E-state index contributed by atoms with van der Waals surface area (Å²) in [5.41, 5.74) is 2.98. The van der Waals surface area contributed by atoms with Crippen molar-refractivity contribution in [2.24, 2.45) is 0 Å². The third-order valence-electron chi connectivity index (χ3n) is 2.69. The highest BCUT2D eigenvalue weighted by Crippen LogP contribution is 2.22. The summed E-state index contributed by atoms with van der Waals surface area (Å²) < 4.78 is 4.95. The van der Waals surface area contributed by atoms with E-state index in [2.05, 4.69) is 16.1 Å². The third kappa shape index (κ3) is 1.80. The fraction of sp³-hybridized carbons (Fsp3) is 0. The zero-order chi connectivity index (χ0) is 12.4. The second kappa shape index (κ2) is 4.27. The van der Waals surface area contributed by atoms with Gasteiger partial charge in [0.2, 0.25) is 0 Å². The number of fused-ring (bicyclic) bond motifs is 1. The molecule has 0 aliphatic rings. The Hall–Kier alpha value is -2.73. The highest BCUT2D eigenvalue weighted by atomic mass is 16.5. The Labute approximate surface area is 104 Å². The molecule has 0 atom stereocenters. The van der Waals surface area contributed by atoms with Gasteiger partial charge in [-0.05, 0) is 36.4 Å². The van der Waals surface area contributed by atoms with Crippen molar-refractivity contribution in [3.05, 3.63) is 48.5 Å². The molecule has 0 aliphatic carbocycles. The van der Waals surface area contributed by atoms with Crippen LogP contribution in [0.2, 0.25) is 0 Å². The van der Waals surface area contributed by atoms with Gasteiger partial charge in [-0.2, -0.15) is 0 Å². The normalized spacial score (nSPS) is 10.2. The molecular weight excluding hydrogens is 224 g/mol. The smallest absolute Gasteiger partial charge is 0.140 e. The van der Waals surface area contributed by atoms with Crippen molar-refractivity contribution < 1.29 is 4.74 Å². The van der Waals surface area contributed by atoms with Gasteiger partial charge in [0.05, 0.1) is 11.0 Å². The number of H-pyrrole nitrogens is 1. The Morgan fingerprint density at radius 2 is 1.83 bits per heavy atom. The second-order valence-electron chi connectivity index (χ2n) is 3.85. The highest BCUT2D eigenvalue weighted by molar-refractivity contribution is 5.79. The molecule has 1 aromatic heterocycles. The number of rotatable bonds is 2. The summed E-state index contributed by atoms with van der Waals surface area (Å²) in [6.07, 6.45) is 7.21. The molecule has 3 nitrogen and oxygen atoms in total. The summed E-state index contributed by atoms with van der Waals surface area (Å²) in [5.74, 6) is 1.49. The van der Waals surface area contributed by atoms with Gasteiger partial charge >= 0.3 is 0 Å². The molecule has 0 bridgehead atoms. The molecule has 0 unspecified atom stereocenters. The van der Waals surface area contributed by atoms with Crippen LogP contribution >= 0.6 is 0 Å². The molecule has 3 rings (SSSR count). The molecule has 3 aromatic rings. The number of terminal acetylenes is 1. The maximum atomic E-state index is 5.07. The van der Waals surface area contributed by atoms with Crippen LogP contribution in [0, 0.1) is 12.5 Å². The van der Waals surface area contributed by atoms with Gasteiger partial charge in [-0.15, -0.1) is 0 Å². The van der Waals surface area contributed by atoms with E-state index in [-0.39, 0.29) is 0 Å². The van der Waals surface area contributed by atoms with Gasteiger partial charge in [0, 0.05) is 5.56 Å². The number of nitrogens with zero attached hydrogens (tertiary/aromatic N) is 1. The highest BCUT2D eigenvalue weighted by Gasteiger charge is 2.04. The Balaban J connectivity index is 2.01. The lowest BCUT2D eigenvalue weighted by Crippen LogP contribution is -1.83. The zero-order valence-corrected chi connectivity index (χ0v) is 9.55. The average Bonchev–Trinajstić information content (AvgIpc) is 2.84. The fourth-order valence-corrected chi connectivity index (χ4v) is 1.84. The molecule has 1 heterocycles. The molecular formula is C15H10N2O. The summed E-state index contributed by atoms with van der Waals surface area (Å²) in [4.78, 5) is 7.79. The number of nitrogens with one attached hydrogen (secondary N) is 1. The van der Waals surface area contributed by atoms with Crippen LogP contribution in [-0.4, -0.2) is 9.97 Å². The van der Waals surface area contributed by atoms with Crippen LogP contribution in [-0.2, 0) is 0 Å². The van der Waals surface area contributed by atoms with Gasteiger partial charge in [0.1, 0.15) is 17.7 Å². The van der Waals surface area contributed by atoms with Gasteiger partial charge in [-0.25, -0.2) is 4.98 Å². The van der Waals surface area contributed by atoms with E-state index in [1.165, 1.54) is 0 Å². The Kier molecular flexibility index (Phi) is 2.47. The minimum Gasteiger partial charge on any atom is -0.408 e. The van der Waals surface area contributed by atoms with Gasteiger partial charge in [0.25, 0.3) is 0 Å². The van der Waals surface area contributed by atoms with Crippen molar-refractivity contribution in [2.75, 3.05) is 0 Å². The molecule has 0 spiro atoms. The second-order valence-corrected chi connectivity index (χ2v) is 3.85. The van der Waals surface area contributed by atoms with Crippen LogP contribution in [0.1, 0.15) is 0 Å². The van der Waals surface area contributed by atoms with Crippen molar-refractivity contribution in [3.8, 4) is 29.7 Å². The maximum Gasteiger partial charge on any atom is 0.140 e. The number of aromatic amines is 1. The first-order valence-corrected chi connectivity index (χ1v) is 5.54. The number of para-hydroxylation sites is 2. The lowest BCUT2D eigenvalue weighted by atomic mass is 10.2. The number of aromatic nitrogens is 2. The Morgan fingerprint density at radius 1 is 1.06 bits per heavy atom. The largest absolute Gasteiger partial charge is 0.408 e. The number of hydrogen-bond donors (Lipinski definition) is 1. The van der Waals surface area contributed by atoms with Gasteiger partial charge in [0.15, 0.2) is 0 Å². The van der Waals surface area contributed by atoms with E-state index in [0.717, 1.165) is 22.4 Å². The molecule has 0 saturated heterocycles. The number of hydrogen-bond acceptors (Lipinski definition) is 2. The van der Waals surface area contributed by atoms with Crippen LogP contribution in [0.3, 0.4) is 0 Å². The minimum atomic E-state index is 0.650. The SMILES string of the molecule is C#COc1ccc(-c2nc3ccccc3[nH]2)cc1. The lowest BCUT2D eigenvalue weighted by Gasteiger charge is -1.98. The molecule has 2 aromatic carbocycles. The summed E-state index contributed by atoms with van der Waals surface area (Å²) >= 11 is 0. The Bertz CT molecular complexity index is 687. The number of ether oxygens (including phenoxy) is 1. The summed E-state index contributed by atoms with van der Waals surface area (Å²) in [6, 6.07) is 15.4. The minimum absolute atomic E-state index is 0.650. The molecule has 18 heavy (non-hydrogen) atoms. The predicted molar refractivity (Wildman–Crippen MR) is 71.0 cm³/mol. The molecule has 1 N–H and O–H groups in total. The molecule has 3 heteroatoms. The van der Waals surface area contributed by atoms with Gasteiger partial charge in [-0.3, -0.25) is 0 Å². The predicted octanol–water partition coefficient (Wildman–Crippen LogP) is 3.20. The molecule has 0 fully saturated rings. The van der Waals surface area contributed by atoms with E-state index >= 15 is 0 Å². The van der Waals surface area contributed by atoms with Crippen LogP contribution in [0.25, 0.3) is 22.4 Å². The summed E-state index contributed by atoms with van der Waals surface area (Å²) in [7, 11) is 0. The van der Waals surface area contributed by atoms with Crippen molar-refractivity contribution in [2.45, 2.75) is 0 Å². The lowest BCUT2D eigenvalue weighted by molar-refractivity contribution is 0.521. The van der Waals surface area contributed by atoms with E-state index in [9.17, 15) is 0 Å². The van der Waals surface area contributed by atoms with E-state index in [1.807, 2.05) is 48.5 Å². The van der Waals surface area contributed by atoms with Crippen molar-refractivity contribution in [3.63, 3.8) is 0 Å². The molecule has 86 valence electrons.